The summed E-state index contributed by atoms with van der Waals surface area (Å²) in [4.78, 5) is 12.7. The average Bonchev–Trinajstić information content (AvgIpc) is 2.09. The van der Waals surface area contributed by atoms with Gasteiger partial charge in [-0.1, -0.05) is 22.6 Å². The number of hydrogen-bond acceptors (Lipinski definition) is 3. The maximum absolute atomic E-state index is 10.0. The smallest absolute Gasteiger partial charge is 0.269 e. The summed E-state index contributed by atoms with van der Waals surface area (Å²) < 4.78 is 0. The van der Waals surface area contributed by atoms with E-state index in [2.05, 4.69) is 4.93 Å². The van der Waals surface area contributed by atoms with Crippen LogP contribution >= 0.6 is 22.6 Å². The quantitative estimate of drug-likeness (QED) is 0.368. The molecule has 67 valence electrons. The molecule has 0 aliphatic rings. The number of aromatic hydroxyl groups is 1. The fraction of sp³-hybridized carbons (Fsp3) is 0. The number of non-ortho nitro benzene ring substituents is 1. The third kappa shape index (κ3) is 5.93. The number of halogens is 1. The molecule has 0 atom stereocenters. The van der Waals surface area contributed by atoms with E-state index < -0.39 is 4.92 Å². The van der Waals surface area contributed by atoms with Gasteiger partial charge in [0.25, 0.3) is 5.69 Å². The molecule has 0 heterocycles. The van der Waals surface area contributed by atoms with Gasteiger partial charge in [-0.15, -0.1) is 0 Å². The van der Waals surface area contributed by atoms with Crippen LogP contribution in [-0.2, 0) is 19.5 Å². The first-order valence-electron chi connectivity index (χ1n) is 2.90. The van der Waals surface area contributed by atoms with E-state index in [1.54, 1.807) is 0 Å². The Hall–Kier alpha value is -0.227. The molecular formula is C7H7INO3Zn. The molecule has 4 nitrogen and oxygen atoms in total. The van der Waals surface area contributed by atoms with Crippen LogP contribution in [0.15, 0.2) is 24.3 Å². The van der Waals surface area contributed by atoms with Crippen LogP contribution in [0, 0.1) is 15.0 Å². The van der Waals surface area contributed by atoms with Crippen molar-refractivity contribution in [3.63, 3.8) is 0 Å². The molecule has 1 N–H and O–H groups in total. The second kappa shape index (κ2) is 8.38. The maximum Gasteiger partial charge on any atom is 0.269 e. The molecule has 0 saturated carbocycles. The summed E-state index contributed by atoms with van der Waals surface area (Å²) in [7, 11) is 0. The van der Waals surface area contributed by atoms with Gasteiger partial charge in [0.1, 0.15) is 5.75 Å². The van der Waals surface area contributed by atoms with Crippen molar-refractivity contribution in [1.82, 2.24) is 0 Å². The van der Waals surface area contributed by atoms with Crippen molar-refractivity contribution < 1.29 is 29.5 Å². The van der Waals surface area contributed by atoms with Crippen molar-refractivity contribution in [2.45, 2.75) is 0 Å². The monoisotopic (exact) mass is 344 g/mol. The van der Waals surface area contributed by atoms with Gasteiger partial charge in [0.2, 0.25) is 0 Å². The van der Waals surface area contributed by atoms with Crippen molar-refractivity contribution in [3.8, 4) is 5.75 Å². The second-order valence-electron chi connectivity index (χ2n) is 1.77. The number of hydrogen-bond donors (Lipinski definition) is 1. The van der Waals surface area contributed by atoms with E-state index in [1.807, 2.05) is 22.6 Å². The fourth-order valence-electron chi connectivity index (χ4n) is 0.574. The zero-order valence-electron chi connectivity index (χ0n) is 6.81. The third-order valence-corrected chi connectivity index (χ3v) is 1.06. The second-order valence-corrected chi connectivity index (χ2v) is 1.77. The minimum Gasteiger partial charge on any atom is -0.508 e. The molecule has 0 aromatic heterocycles. The van der Waals surface area contributed by atoms with E-state index in [0.29, 0.717) is 0 Å². The molecule has 0 bridgehead atoms. The number of phenols is 1. The summed E-state index contributed by atoms with van der Waals surface area (Å²) >= 11 is 1.90. The minimum absolute atomic E-state index is 0. The van der Waals surface area contributed by atoms with Crippen LogP contribution < -0.4 is 0 Å². The summed E-state index contributed by atoms with van der Waals surface area (Å²) in [6.45, 7) is 0. The first-order valence-corrected chi connectivity index (χ1v) is 4.43. The first-order chi connectivity index (χ1) is 5.70. The number of benzene rings is 1. The summed E-state index contributed by atoms with van der Waals surface area (Å²) in [6.07, 6.45) is 0. The molecule has 0 aliphatic carbocycles. The number of rotatable bonds is 1. The molecule has 6 heteroatoms. The molecule has 1 aromatic rings. The fourth-order valence-corrected chi connectivity index (χ4v) is 0.574. The van der Waals surface area contributed by atoms with Gasteiger partial charge in [-0.05, 0) is 12.1 Å². The molecule has 0 spiro atoms. The van der Waals surface area contributed by atoms with Gasteiger partial charge in [-0.2, -0.15) is 0 Å². The van der Waals surface area contributed by atoms with E-state index in [0.717, 1.165) is 0 Å². The van der Waals surface area contributed by atoms with Crippen LogP contribution in [0.1, 0.15) is 0 Å². The van der Waals surface area contributed by atoms with Crippen molar-refractivity contribution in [3.05, 3.63) is 39.3 Å². The Morgan fingerprint density at radius 1 is 1.31 bits per heavy atom. The normalized spacial score (nSPS) is 7.54. The third-order valence-electron chi connectivity index (χ3n) is 1.06. The largest absolute Gasteiger partial charge is 0.508 e. The topological polar surface area (TPSA) is 63.4 Å². The molecule has 1 aromatic carbocycles. The zero-order chi connectivity index (χ0) is 9.56. The van der Waals surface area contributed by atoms with E-state index in [4.69, 9.17) is 5.11 Å². The standard InChI is InChI=1S/C6H5NO3.CH2I.Zn/c8-6-3-1-5(2-4-6)7(9)10;1-2;/h1-4,8H;1H2;. The maximum atomic E-state index is 10.0. The van der Waals surface area contributed by atoms with Gasteiger partial charge in [-0.25, -0.2) is 0 Å². The van der Waals surface area contributed by atoms with Crippen molar-refractivity contribution in [2.75, 3.05) is 0 Å². The number of nitro benzene ring substituents is 1. The molecule has 1 radical (unpaired) electrons. The van der Waals surface area contributed by atoms with Crippen LogP contribution in [0.5, 0.6) is 5.75 Å². The van der Waals surface area contributed by atoms with Crippen molar-refractivity contribution in [2.24, 2.45) is 0 Å². The minimum atomic E-state index is -0.514. The number of phenolic OH excluding ortho intramolecular Hbond substituents is 1. The molecule has 0 amide bonds. The van der Waals surface area contributed by atoms with E-state index >= 15 is 0 Å². The number of nitrogens with zero attached hydrogens (tertiary/aromatic N) is 1. The molecular weight excluding hydrogens is 338 g/mol. The predicted octanol–water partition coefficient (Wildman–Crippen LogP) is 2.51. The number of nitro groups is 1. The Morgan fingerprint density at radius 2 is 1.69 bits per heavy atom. The van der Waals surface area contributed by atoms with E-state index in [9.17, 15) is 10.1 Å². The van der Waals surface area contributed by atoms with Crippen molar-refractivity contribution in [1.29, 1.82) is 0 Å². The SMILES string of the molecule is O=[N+]([O-])c1ccc(O)cc1.[CH2]I.[Zn]. The zero-order valence-corrected chi connectivity index (χ0v) is 11.9. The Kier molecular flexibility index (Phi) is 9.83. The summed E-state index contributed by atoms with van der Waals surface area (Å²) in [5.74, 6) is 0.0330. The Morgan fingerprint density at radius 3 is 2.00 bits per heavy atom. The molecule has 1 rings (SSSR count). The van der Waals surface area contributed by atoms with Gasteiger partial charge < -0.3 is 5.11 Å². The summed E-state index contributed by atoms with van der Waals surface area (Å²) in [5, 5.41) is 18.8. The average molecular weight is 345 g/mol. The molecule has 0 fully saturated rings. The molecule has 0 aliphatic heterocycles. The van der Waals surface area contributed by atoms with Gasteiger partial charge in [0.15, 0.2) is 0 Å². The van der Waals surface area contributed by atoms with Crippen LogP contribution in [0.25, 0.3) is 0 Å². The molecule has 13 heavy (non-hydrogen) atoms. The molecule has 0 unspecified atom stereocenters. The van der Waals surface area contributed by atoms with Crippen LogP contribution in [0.4, 0.5) is 5.69 Å². The molecule has 0 saturated heterocycles. The first kappa shape index (κ1) is 15.3. The summed E-state index contributed by atoms with van der Waals surface area (Å²) in [6, 6.07) is 5.04. The van der Waals surface area contributed by atoms with Crippen molar-refractivity contribution >= 4 is 28.3 Å². The summed E-state index contributed by atoms with van der Waals surface area (Å²) in [5.41, 5.74) is -0.0159. The van der Waals surface area contributed by atoms with Crippen LogP contribution in [0.2, 0.25) is 0 Å². The van der Waals surface area contributed by atoms with Gasteiger partial charge in [0.05, 0.1) is 4.92 Å². The van der Waals surface area contributed by atoms with Gasteiger partial charge in [-0.3, -0.25) is 10.1 Å². The Bertz CT molecular complexity index is 252. The Labute approximate surface area is 102 Å². The van der Waals surface area contributed by atoms with E-state index in [1.165, 1.54) is 24.3 Å². The van der Waals surface area contributed by atoms with Gasteiger partial charge in [0, 0.05) is 36.5 Å². The predicted molar refractivity (Wildman–Crippen MR) is 54.1 cm³/mol. The van der Waals surface area contributed by atoms with E-state index in [-0.39, 0.29) is 30.9 Å². The van der Waals surface area contributed by atoms with Crippen LogP contribution in [0.3, 0.4) is 0 Å². The van der Waals surface area contributed by atoms with Gasteiger partial charge >= 0.3 is 0 Å². The Balaban J connectivity index is 0. The van der Waals surface area contributed by atoms with Crippen LogP contribution in [-0.4, -0.2) is 10.0 Å².